The van der Waals surface area contributed by atoms with Crippen LogP contribution in [0.5, 0.6) is 0 Å². The van der Waals surface area contributed by atoms with Crippen molar-refractivity contribution in [2.75, 3.05) is 0 Å². The van der Waals surface area contributed by atoms with Crippen LogP contribution in [-0.2, 0) is 0 Å². The van der Waals surface area contributed by atoms with Crippen LogP contribution in [0.2, 0.25) is 0 Å². The van der Waals surface area contributed by atoms with Gasteiger partial charge in [0.05, 0.1) is 27.6 Å². The molecule has 0 saturated heterocycles. The predicted octanol–water partition coefficient (Wildman–Crippen LogP) is 13.0. The molecule has 13 aromatic rings. The van der Waals surface area contributed by atoms with Crippen LogP contribution >= 0.6 is 0 Å². The third-order valence-electron chi connectivity index (χ3n) is 11.7. The van der Waals surface area contributed by atoms with Crippen molar-refractivity contribution in [3.63, 3.8) is 0 Å². The number of para-hydroxylation sites is 4. The smallest absolute Gasteiger partial charge is 0.164 e. The number of furan rings is 1. The molecule has 0 spiro atoms. The van der Waals surface area contributed by atoms with Crippen molar-refractivity contribution in [3.05, 3.63) is 176 Å². The summed E-state index contributed by atoms with van der Waals surface area (Å²) in [7, 11) is 0. The first kappa shape index (κ1) is 30.5. The summed E-state index contributed by atoms with van der Waals surface area (Å²) in [6, 6.07) is 61.8. The SMILES string of the molecule is c1ccc(-c2nc(-c3cccc4oc5ccccc5c34)nc(-c3cccc4c3c3ccccc3n4-c3ccc4c5cccc6c7ccccc7n(c4c3)c65)n2)cc1. The first-order valence-corrected chi connectivity index (χ1v) is 19.2. The highest BCUT2D eigenvalue weighted by Gasteiger charge is 2.23. The number of rotatable bonds is 4. The second-order valence-corrected chi connectivity index (χ2v) is 14.8. The van der Waals surface area contributed by atoms with Crippen LogP contribution in [0, 0.1) is 0 Å². The molecule has 0 unspecified atom stereocenters. The van der Waals surface area contributed by atoms with Crippen LogP contribution < -0.4 is 0 Å². The lowest BCUT2D eigenvalue weighted by molar-refractivity contribution is 0.669. The van der Waals surface area contributed by atoms with Gasteiger partial charge in [-0.15, -0.1) is 0 Å². The Morgan fingerprint density at radius 3 is 1.77 bits per heavy atom. The van der Waals surface area contributed by atoms with Crippen LogP contribution in [0.3, 0.4) is 0 Å². The number of aromatic nitrogens is 5. The normalized spacial score (nSPS) is 12.2. The molecule has 8 aromatic carbocycles. The third kappa shape index (κ3) is 4.21. The van der Waals surface area contributed by atoms with Gasteiger partial charge in [0.25, 0.3) is 0 Å². The molecule has 0 bridgehead atoms. The van der Waals surface area contributed by atoms with Crippen molar-refractivity contribution < 1.29 is 4.42 Å². The lowest BCUT2D eigenvalue weighted by Gasteiger charge is -2.11. The average Bonchev–Trinajstić information content (AvgIpc) is 4.02. The largest absolute Gasteiger partial charge is 0.456 e. The molecule has 0 amide bonds. The van der Waals surface area contributed by atoms with E-state index < -0.39 is 0 Å². The molecule has 0 aliphatic carbocycles. The van der Waals surface area contributed by atoms with Gasteiger partial charge in [-0.25, -0.2) is 15.0 Å². The summed E-state index contributed by atoms with van der Waals surface area (Å²) in [5.41, 5.74) is 11.4. The van der Waals surface area contributed by atoms with E-state index in [0.717, 1.165) is 66.1 Å². The zero-order valence-corrected chi connectivity index (χ0v) is 30.4. The van der Waals surface area contributed by atoms with Crippen LogP contribution in [-0.4, -0.2) is 23.9 Å². The van der Waals surface area contributed by atoms with E-state index in [9.17, 15) is 0 Å². The van der Waals surface area contributed by atoms with E-state index in [0.29, 0.717) is 17.5 Å². The number of hydrogen-bond donors (Lipinski definition) is 0. The zero-order chi connectivity index (χ0) is 37.2. The van der Waals surface area contributed by atoms with Gasteiger partial charge in [0.1, 0.15) is 11.2 Å². The number of nitrogens with zero attached hydrogens (tertiary/aromatic N) is 5. The first-order valence-electron chi connectivity index (χ1n) is 19.2. The lowest BCUT2D eigenvalue weighted by Crippen LogP contribution is -2.01. The average molecular weight is 728 g/mol. The lowest BCUT2D eigenvalue weighted by atomic mass is 10.0. The van der Waals surface area contributed by atoms with E-state index in [2.05, 4.69) is 136 Å². The van der Waals surface area contributed by atoms with Crippen LogP contribution in [0.15, 0.2) is 180 Å². The Bertz CT molecular complexity index is 3760. The molecule has 0 atom stereocenters. The quantitative estimate of drug-likeness (QED) is 0.181. The second-order valence-electron chi connectivity index (χ2n) is 14.8. The first-order chi connectivity index (χ1) is 28.3. The summed E-state index contributed by atoms with van der Waals surface area (Å²) in [4.78, 5) is 15.7. The molecule has 57 heavy (non-hydrogen) atoms. The topological polar surface area (TPSA) is 61.2 Å². The second kappa shape index (κ2) is 11.4. The molecule has 0 N–H and O–H groups in total. The van der Waals surface area contributed by atoms with E-state index in [-0.39, 0.29) is 0 Å². The van der Waals surface area contributed by atoms with Crippen LogP contribution in [0.1, 0.15) is 0 Å². The summed E-state index contributed by atoms with van der Waals surface area (Å²) in [5, 5.41) is 9.32. The molecule has 0 saturated carbocycles. The molecular weight excluding hydrogens is 699 g/mol. The van der Waals surface area contributed by atoms with Gasteiger partial charge in [-0.3, -0.25) is 0 Å². The number of fused-ring (bicyclic) bond motifs is 12. The van der Waals surface area contributed by atoms with E-state index >= 15 is 0 Å². The van der Waals surface area contributed by atoms with Gasteiger partial charge in [-0.1, -0.05) is 133 Å². The summed E-state index contributed by atoms with van der Waals surface area (Å²) >= 11 is 0. The maximum absolute atomic E-state index is 6.30. The maximum Gasteiger partial charge on any atom is 0.164 e. The molecule has 5 heterocycles. The minimum Gasteiger partial charge on any atom is -0.456 e. The van der Waals surface area contributed by atoms with Crippen molar-refractivity contribution >= 4 is 81.8 Å². The molecule has 13 rings (SSSR count). The summed E-state index contributed by atoms with van der Waals surface area (Å²) < 4.78 is 11.1. The molecular formula is C51H29N5O. The fraction of sp³-hybridized carbons (Fsp3) is 0. The van der Waals surface area contributed by atoms with Gasteiger partial charge in [-0.2, -0.15) is 0 Å². The standard InChI is InChI=1S/C51H29N5O/c1-2-13-30(14-3-1)49-52-50(54-51(53-49)39-21-12-26-45-47(39)37-17-6-9-25-44(37)57-45)38-20-11-24-42-46(38)36-16-5-8-23-41(36)55(42)31-27-28-33-35-19-10-18-34-32-15-4-7-22-40(32)56(48(34)35)43(33)29-31/h1-29H. The highest BCUT2D eigenvalue weighted by atomic mass is 16.3. The van der Waals surface area contributed by atoms with E-state index in [1.54, 1.807) is 0 Å². The Hall–Kier alpha value is -7.83. The third-order valence-corrected chi connectivity index (χ3v) is 11.7. The van der Waals surface area contributed by atoms with Gasteiger partial charge < -0.3 is 13.4 Å². The van der Waals surface area contributed by atoms with Crippen molar-refractivity contribution in [2.45, 2.75) is 0 Å². The van der Waals surface area contributed by atoms with Gasteiger partial charge in [0, 0.05) is 65.5 Å². The Morgan fingerprint density at radius 1 is 0.368 bits per heavy atom. The minimum absolute atomic E-state index is 0.597. The number of hydrogen-bond acceptors (Lipinski definition) is 4. The fourth-order valence-electron chi connectivity index (χ4n) is 9.34. The summed E-state index contributed by atoms with van der Waals surface area (Å²) in [6.07, 6.45) is 0. The monoisotopic (exact) mass is 727 g/mol. The van der Waals surface area contributed by atoms with E-state index in [1.165, 1.54) is 38.1 Å². The summed E-state index contributed by atoms with van der Waals surface area (Å²) in [5.74, 6) is 1.83. The molecule has 6 nitrogen and oxygen atoms in total. The van der Waals surface area contributed by atoms with Crippen molar-refractivity contribution in [1.29, 1.82) is 0 Å². The van der Waals surface area contributed by atoms with E-state index in [4.69, 9.17) is 19.4 Å². The van der Waals surface area contributed by atoms with Crippen molar-refractivity contribution in [3.8, 4) is 39.9 Å². The minimum atomic E-state index is 0.597. The molecule has 0 aliphatic rings. The Kier molecular flexibility index (Phi) is 6.07. The molecule has 0 aliphatic heterocycles. The number of benzene rings is 8. The summed E-state index contributed by atoms with van der Waals surface area (Å²) in [6.45, 7) is 0. The molecule has 6 heteroatoms. The van der Waals surface area contributed by atoms with Gasteiger partial charge in [0.2, 0.25) is 0 Å². The highest BCUT2D eigenvalue weighted by Crippen LogP contribution is 2.43. The van der Waals surface area contributed by atoms with Crippen LogP contribution in [0.4, 0.5) is 0 Å². The van der Waals surface area contributed by atoms with Gasteiger partial charge in [0.15, 0.2) is 17.5 Å². The highest BCUT2D eigenvalue weighted by molar-refractivity contribution is 6.23. The van der Waals surface area contributed by atoms with Gasteiger partial charge in [-0.05, 0) is 42.5 Å². The predicted molar refractivity (Wildman–Crippen MR) is 232 cm³/mol. The van der Waals surface area contributed by atoms with Crippen molar-refractivity contribution in [2.24, 2.45) is 0 Å². The molecule has 264 valence electrons. The maximum atomic E-state index is 6.30. The molecule has 5 aromatic heterocycles. The van der Waals surface area contributed by atoms with Gasteiger partial charge >= 0.3 is 0 Å². The Balaban J connectivity index is 1.08. The molecule has 0 fully saturated rings. The van der Waals surface area contributed by atoms with Crippen molar-refractivity contribution in [1.82, 2.24) is 23.9 Å². The Morgan fingerprint density at radius 2 is 0.947 bits per heavy atom. The van der Waals surface area contributed by atoms with E-state index in [1.807, 2.05) is 48.5 Å². The fourth-order valence-corrected chi connectivity index (χ4v) is 9.34. The Labute approximate surface area is 324 Å². The molecule has 0 radical (unpaired) electrons. The van der Waals surface area contributed by atoms with Crippen LogP contribution in [0.25, 0.3) is 122 Å². The zero-order valence-electron chi connectivity index (χ0n) is 30.4.